The molecule has 0 bridgehead atoms. The monoisotopic (exact) mass is 358 g/mol. The highest BCUT2D eigenvalue weighted by Crippen LogP contribution is 2.22. The highest BCUT2D eigenvalue weighted by atomic mass is 35.5. The van der Waals surface area contributed by atoms with E-state index in [0.29, 0.717) is 16.4 Å². The Morgan fingerprint density at radius 3 is 2.67 bits per heavy atom. The van der Waals surface area contributed by atoms with Crippen molar-refractivity contribution in [3.63, 3.8) is 0 Å². The molecule has 1 aliphatic heterocycles. The number of hydrogen-bond donors (Lipinski definition) is 1. The van der Waals surface area contributed by atoms with Crippen LogP contribution in [0.2, 0.25) is 5.02 Å². The fourth-order valence-electron chi connectivity index (χ4n) is 2.15. The van der Waals surface area contributed by atoms with Crippen LogP contribution in [-0.4, -0.2) is 28.1 Å². The van der Waals surface area contributed by atoms with Crippen LogP contribution in [0.3, 0.4) is 0 Å². The molecule has 0 saturated carbocycles. The van der Waals surface area contributed by atoms with E-state index < -0.39 is 17.7 Å². The zero-order valence-electron chi connectivity index (χ0n) is 12.2. The molecule has 1 aliphatic rings. The average Bonchev–Trinajstić information content (AvgIpc) is 2.57. The summed E-state index contributed by atoms with van der Waals surface area (Å²) >= 11 is 11.0. The van der Waals surface area contributed by atoms with Crippen LogP contribution < -0.4 is 10.2 Å². The molecule has 1 N–H and O–H groups in total. The number of nitrogens with one attached hydrogen (secondary N) is 1. The van der Waals surface area contributed by atoms with Gasteiger partial charge in [0.2, 0.25) is 5.91 Å². The molecule has 0 radical (unpaired) electrons. The van der Waals surface area contributed by atoms with Gasteiger partial charge in [0.05, 0.1) is 17.6 Å². The molecule has 0 aliphatic carbocycles. The van der Waals surface area contributed by atoms with Gasteiger partial charge in [-0.05, 0) is 48.6 Å². The number of amides is 2. The molecule has 0 unspecified atom stereocenters. The maximum atomic E-state index is 12.7. The van der Waals surface area contributed by atoms with E-state index in [1.807, 2.05) is 0 Å². The first-order valence-electron chi connectivity index (χ1n) is 6.95. The van der Waals surface area contributed by atoms with Crippen LogP contribution in [0.15, 0.2) is 53.8 Å². The Morgan fingerprint density at radius 2 is 2.00 bits per heavy atom. The van der Waals surface area contributed by atoms with E-state index in [9.17, 15) is 9.59 Å². The van der Waals surface area contributed by atoms with Crippen molar-refractivity contribution < 1.29 is 9.59 Å². The third kappa shape index (κ3) is 3.32. The number of rotatable bonds is 3. The Labute approximate surface area is 148 Å². The summed E-state index contributed by atoms with van der Waals surface area (Å²) in [5, 5.41) is 3.08. The summed E-state index contributed by atoms with van der Waals surface area (Å²) in [7, 11) is 0. The Morgan fingerprint density at radius 1 is 1.25 bits per heavy atom. The molecule has 3 rings (SSSR count). The van der Waals surface area contributed by atoms with E-state index >= 15 is 0 Å². The van der Waals surface area contributed by atoms with Gasteiger partial charge in [-0.1, -0.05) is 11.6 Å². The predicted molar refractivity (Wildman–Crippen MR) is 95.6 cm³/mol. The van der Waals surface area contributed by atoms with Crippen molar-refractivity contribution in [2.24, 2.45) is 10.9 Å². The number of hydrogen-bond acceptors (Lipinski definition) is 5. The summed E-state index contributed by atoms with van der Waals surface area (Å²) in [6.07, 6.45) is 4.43. The van der Waals surface area contributed by atoms with Crippen molar-refractivity contribution in [2.45, 2.75) is 0 Å². The van der Waals surface area contributed by atoms with E-state index in [4.69, 9.17) is 23.8 Å². The van der Waals surface area contributed by atoms with Crippen LogP contribution in [-0.2, 0) is 9.59 Å². The molecule has 1 atom stereocenters. The molecule has 1 aromatic heterocycles. The molecule has 8 heteroatoms. The Hall–Kier alpha value is -2.64. The van der Waals surface area contributed by atoms with Gasteiger partial charge >= 0.3 is 0 Å². The van der Waals surface area contributed by atoms with Crippen LogP contribution in [0.25, 0.3) is 0 Å². The van der Waals surface area contributed by atoms with Crippen LogP contribution in [0, 0.1) is 5.92 Å². The summed E-state index contributed by atoms with van der Waals surface area (Å²) in [6, 6.07) is 10.0. The second-order valence-electron chi connectivity index (χ2n) is 4.91. The molecule has 2 amide bonds. The van der Waals surface area contributed by atoms with Crippen molar-refractivity contribution in [1.29, 1.82) is 0 Å². The smallest absolute Gasteiger partial charge is 0.251 e. The second kappa shape index (κ2) is 6.86. The number of aromatic nitrogens is 1. The lowest BCUT2D eigenvalue weighted by Crippen LogP contribution is -2.58. The van der Waals surface area contributed by atoms with Crippen molar-refractivity contribution >= 4 is 58.3 Å². The highest BCUT2D eigenvalue weighted by molar-refractivity contribution is 7.80. The van der Waals surface area contributed by atoms with Crippen molar-refractivity contribution in [2.75, 3.05) is 4.90 Å². The normalized spacial score (nSPS) is 18.1. The Bertz CT molecular complexity index is 824. The number of carbonyl (C=O) groups is 2. The maximum Gasteiger partial charge on any atom is 0.251 e. The molecule has 120 valence electrons. The van der Waals surface area contributed by atoms with Crippen molar-refractivity contribution in [1.82, 2.24) is 10.3 Å². The van der Waals surface area contributed by atoms with Gasteiger partial charge in [0.15, 0.2) is 11.0 Å². The number of nitrogens with zero attached hydrogens (tertiary/aromatic N) is 3. The summed E-state index contributed by atoms with van der Waals surface area (Å²) in [5.74, 6) is -2.06. The van der Waals surface area contributed by atoms with Crippen LogP contribution >= 0.6 is 23.8 Å². The van der Waals surface area contributed by atoms with Gasteiger partial charge in [0.25, 0.3) is 5.91 Å². The standard InChI is InChI=1S/C16H11ClN4O2S/c17-10-3-5-12(6-4-10)21-15(23)13(14(22)20-16(21)24)9-19-11-2-1-7-18-8-11/h1-9,13H,(H,20,22,24)/t13-/m0/s1. The van der Waals surface area contributed by atoms with Gasteiger partial charge in [0.1, 0.15) is 0 Å². The van der Waals surface area contributed by atoms with E-state index in [0.717, 1.165) is 0 Å². The van der Waals surface area contributed by atoms with Crippen LogP contribution in [0.1, 0.15) is 0 Å². The largest absolute Gasteiger partial charge is 0.301 e. The molecule has 24 heavy (non-hydrogen) atoms. The number of benzene rings is 1. The number of halogens is 1. The van der Waals surface area contributed by atoms with E-state index in [2.05, 4.69) is 15.3 Å². The second-order valence-corrected chi connectivity index (χ2v) is 5.73. The summed E-state index contributed by atoms with van der Waals surface area (Å²) in [4.78, 5) is 34.1. The topological polar surface area (TPSA) is 74.7 Å². The quantitative estimate of drug-likeness (QED) is 0.519. The lowest BCUT2D eigenvalue weighted by atomic mass is 10.1. The zero-order chi connectivity index (χ0) is 17.1. The van der Waals surface area contributed by atoms with Crippen molar-refractivity contribution in [3.05, 3.63) is 53.8 Å². The molecule has 1 fully saturated rings. The lowest BCUT2D eigenvalue weighted by Gasteiger charge is -2.30. The van der Waals surface area contributed by atoms with Gasteiger partial charge in [0, 0.05) is 17.4 Å². The number of carbonyl (C=O) groups excluding carboxylic acids is 2. The van der Waals surface area contributed by atoms with Gasteiger partial charge < -0.3 is 5.32 Å². The molecule has 2 heterocycles. The zero-order valence-corrected chi connectivity index (χ0v) is 13.8. The fraction of sp³-hybridized carbons (Fsp3) is 0.0625. The molecule has 1 saturated heterocycles. The Balaban J connectivity index is 1.88. The molecule has 2 aromatic rings. The number of aliphatic imine (C=N–C) groups is 1. The average molecular weight is 359 g/mol. The third-order valence-electron chi connectivity index (χ3n) is 3.31. The van der Waals surface area contributed by atoms with Gasteiger partial charge in [-0.15, -0.1) is 0 Å². The summed E-state index contributed by atoms with van der Waals surface area (Å²) < 4.78 is 0. The first kappa shape index (κ1) is 16.2. The summed E-state index contributed by atoms with van der Waals surface area (Å²) in [5.41, 5.74) is 1.07. The van der Waals surface area contributed by atoms with Gasteiger partial charge in [-0.25, -0.2) is 0 Å². The third-order valence-corrected chi connectivity index (χ3v) is 3.84. The summed E-state index contributed by atoms with van der Waals surface area (Å²) in [6.45, 7) is 0. The van der Waals surface area contributed by atoms with Gasteiger partial charge in [-0.3, -0.25) is 24.5 Å². The molecule has 1 aromatic carbocycles. The Kier molecular flexibility index (Phi) is 4.64. The van der Waals surface area contributed by atoms with Crippen molar-refractivity contribution in [3.8, 4) is 0 Å². The minimum Gasteiger partial charge on any atom is -0.301 e. The van der Waals surface area contributed by atoms with Gasteiger partial charge in [-0.2, -0.15) is 0 Å². The number of thiocarbonyl (C=S) groups is 1. The van der Waals surface area contributed by atoms with E-state index in [1.54, 1.807) is 42.6 Å². The molecule has 0 spiro atoms. The highest BCUT2D eigenvalue weighted by Gasteiger charge is 2.38. The SMILES string of the molecule is O=C1NC(=S)N(c2ccc(Cl)cc2)C(=O)[C@H]1C=Nc1cccnc1. The maximum absolute atomic E-state index is 12.7. The minimum atomic E-state index is -1.08. The van der Waals surface area contributed by atoms with Crippen LogP contribution in [0.5, 0.6) is 0 Å². The number of pyridine rings is 1. The first-order valence-corrected chi connectivity index (χ1v) is 7.73. The number of anilines is 1. The van der Waals surface area contributed by atoms with Crippen LogP contribution in [0.4, 0.5) is 11.4 Å². The lowest BCUT2D eigenvalue weighted by molar-refractivity contribution is -0.130. The first-order chi connectivity index (χ1) is 11.6. The molecular formula is C16H11ClN4O2S. The van der Waals surface area contributed by atoms with E-state index in [1.165, 1.54) is 17.3 Å². The molecular weight excluding hydrogens is 348 g/mol. The fourth-order valence-corrected chi connectivity index (χ4v) is 2.57. The predicted octanol–water partition coefficient (Wildman–Crippen LogP) is 2.50. The minimum absolute atomic E-state index is 0.0263. The van der Waals surface area contributed by atoms with E-state index in [-0.39, 0.29) is 5.11 Å². The molecule has 6 nitrogen and oxygen atoms in total.